The van der Waals surface area contributed by atoms with Crippen LogP contribution in [0.4, 0.5) is 11.4 Å². The number of nitrogens with zero attached hydrogens (tertiary/aromatic N) is 6. The van der Waals surface area contributed by atoms with Gasteiger partial charge in [0.1, 0.15) is 6.42 Å². The zero-order valence-corrected chi connectivity index (χ0v) is 18.5. The van der Waals surface area contributed by atoms with Crippen LogP contribution in [0, 0.1) is 0 Å². The molecule has 2 aromatic rings. The molecule has 0 spiro atoms. The topological polar surface area (TPSA) is 91.3 Å². The fourth-order valence-corrected chi connectivity index (χ4v) is 3.66. The van der Waals surface area contributed by atoms with Gasteiger partial charge in [0.25, 0.3) is 0 Å². The molecule has 4 rings (SSSR count). The summed E-state index contributed by atoms with van der Waals surface area (Å²) in [5.74, 6) is -1.20. The number of hydrogen-bond donors (Lipinski definition) is 0. The van der Waals surface area contributed by atoms with Gasteiger partial charge in [-0.2, -0.15) is 0 Å². The van der Waals surface area contributed by atoms with Crippen molar-refractivity contribution in [3.63, 3.8) is 0 Å². The molecule has 32 heavy (non-hydrogen) atoms. The minimum absolute atomic E-state index is 0. The quantitative estimate of drug-likeness (QED) is 0.582. The standard InChI is InChI=1S/C21H26N6O4.ClH/c28-20(30-26-13-9-24(10-14-26)18-1-5-22-6-2-18)17-21(29)31-27-15-11-25(12-16-27)19-3-7-23-8-4-19;/h1-8H,9-17H2;1H. The van der Waals surface area contributed by atoms with E-state index in [-0.39, 0.29) is 12.4 Å². The van der Waals surface area contributed by atoms with Gasteiger partial charge in [0.15, 0.2) is 0 Å². The molecule has 0 amide bonds. The van der Waals surface area contributed by atoms with Crippen LogP contribution in [0.1, 0.15) is 6.42 Å². The van der Waals surface area contributed by atoms with Crippen LogP contribution in [0.5, 0.6) is 0 Å². The van der Waals surface area contributed by atoms with Crippen molar-refractivity contribution >= 4 is 35.7 Å². The van der Waals surface area contributed by atoms with E-state index < -0.39 is 18.4 Å². The molecule has 0 aliphatic carbocycles. The molecular weight excluding hydrogens is 436 g/mol. The van der Waals surface area contributed by atoms with Gasteiger partial charge in [-0.3, -0.25) is 9.97 Å². The Balaban J connectivity index is 0.00000289. The zero-order valence-electron chi connectivity index (χ0n) is 17.7. The molecule has 4 heterocycles. The van der Waals surface area contributed by atoms with Crippen molar-refractivity contribution in [1.29, 1.82) is 0 Å². The van der Waals surface area contributed by atoms with Gasteiger partial charge in [-0.05, 0) is 24.3 Å². The lowest BCUT2D eigenvalue weighted by Crippen LogP contribution is -2.48. The molecule has 2 fully saturated rings. The predicted molar refractivity (Wildman–Crippen MR) is 120 cm³/mol. The third-order valence-electron chi connectivity index (χ3n) is 5.28. The van der Waals surface area contributed by atoms with Crippen molar-refractivity contribution in [1.82, 2.24) is 20.1 Å². The van der Waals surface area contributed by atoms with E-state index in [0.29, 0.717) is 26.2 Å². The third kappa shape index (κ3) is 6.52. The van der Waals surface area contributed by atoms with E-state index in [4.69, 9.17) is 9.68 Å². The normalized spacial score (nSPS) is 17.4. The number of carbonyl (C=O) groups is 2. The maximum atomic E-state index is 12.1. The molecule has 2 aliphatic rings. The molecule has 2 aromatic heterocycles. The molecule has 0 N–H and O–H groups in total. The fourth-order valence-electron chi connectivity index (χ4n) is 3.66. The van der Waals surface area contributed by atoms with Gasteiger partial charge in [0, 0.05) is 62.3 Å². The van der Waals surface area contributed by atoms with Crippen LogP contribution in [0.2, 0.25) is 0 Å². The molecule has 0 aromatic carbocycles. The maximum absolute atomic E-state index is 12.1. The Bertz CT molecular complexity index is 788. The van der Waals surface area contributed by atoms with E-state index in [1.807, 2.05) is 24.3 Å². The highest BCUT2D eigenvalue weighted by atomic mass is 35.5. The van der Waals surface area contributed by atoms with Crippen LogP contribution in [0.3, 0.4) is 0 Å². The molecule has 2 saturated heterocycles. The van der Waals surface area contributed by atoms with E-state index in [9.17, 15) is 9.59 Å². The summed E-state index contributed by atoms with van der Waals surface area (Å²) in [5, 5.41) is 3.20. The average molecular weight is 463 g/mol. The van der Waals surface area contributed by atoms with E-state index in [1.54, 1.807) is 34.9 Å². The molecule has 10 nitrogen and oxygen atoms in total. The van der Waals surface area contributed by atoms with Gasteiger partial charge in [0.05, 0.1) is 26.2 Å². The van der Waals surface area contributed by atoms with Crippen molar-refractivity contribution in [2.75, 3.05) is 62.2 Å². The first-order valence-electron chi connectivity index (χ1n) is 10.4. The van der Waals surface area contributed by atoms with Gasteiger partial charge >= 0.3 is 11.9 Å². The number of rotatable bonds is 6. The van der Waals surface area contributed by atoms with Gasteiger partial charge < -0.3 is 19.5 Å². The molecule has 172 valence electrons. The summed E-state index contributed by atoms with van der Waals surface area (Å²) in [6.45, 7) is 5.18. The van der Waals surface area contributed by atoms with Gasteiger partial charge in [0.2, 0.25) is 0 Å². The number of piperazine rings is 2. The van der Waals surface area contributed by atoms with Crippen LogP contribution < -0.4 is 9.80 Å². The summed E-state index contributed by atoms with van der Waals surface area (Å²) < 4.78 is 0. The van der Waals surface area contributed by atoms with Gasteiger partial charge in [-0.15, -0.1) is 22.5 Å². The SMILES string of the molecule is Cl.O=C(CC(=O)ON1CCN(c2ccncc2)CC1)ON1CCN(c2ccncc2)CC1. The lowest BCUT2D eigenvalue weighted by molar-refractivity contribution is -0.204. The molecule has 0 unspecified atom stereocenters. The lowest BCUT2D eigenvalue weighted by Gasteiger charge is -2.35. The highest BCUT2D eigenvalue weighted by molar-refractivity contribution is 5.90. The maximum Gasteiger partial charge on any atom is 0.336 e. The largest absolute Gasteiger partial charge is 0.369 e. The van der Waals surface area contributed by atoms with Crippen molar-refractivity contribution in [3.8, 4) is 0 Å². The van der Waals surface area contributed by atoms with Gasteiger partial charge in [-0.25, -0.2) is 9.59 Å². The molecule has 0 saturated carbocycles. The van der Waals surface area contributed by atoms with Crippen molar-refractivity contribution in [3.05, 3.63) is 49.1 Å². The summed E-state index contributed by atoms with van der Waals surface area (Å²) in [4.78, 5) is 47.4. The molecule has 0 bridgehead atoms. The number of hydroxylamine groups is 4. The Hall–Kier alpha value is -2.95. The Kier molecular flexibility index (Phi) is 8.60. The summed E-state index contributed by atoms with van der Waals surface area (Å²) in [7, 11) is 0. The third-order valence-corrected chi connectivity index (χ3v) is 5.28. The number of halogens is 1. The Labute approximate surface area is 193 Å². The second kappa shape index (κ2) is 11.6. The molecular formula is C21H27ClN6O4. The van der Waals surface area contributed by atoms with Crippen LogP contribution in [-0.2, 0) is 19.3 Å². The van der Waals surface area contributed by atoms with Crippen molar-refractivity contribution < 1.29 is 19.3 Å². The summed E-state index contributed by atoms with van der Waals surface area (Å²) >= 11 is 0. The summed E-state index contributed by atoms with van der Waals surface area (Å²) in [6, 6.07) is 7.81. The fraction of sp³-hybridized carbons (Fsp3) is 0.429. The van der Waals surface area contributed by atoms with Crippen LogP contribution in [0.25, 0.3) is 0 Å². The summed E-state index contributed by atoms with van der Waals surface area (Å²) in [6.07, 6.45) is 6.62. The second-order valence-electron chi connectivity index (χ2n) is 7.35. The van der Waals surface area contributed by atoms with E-state index in [1.165, 1.54) is 0 Å². The molecule has 11 heteroatoms. The number of anilines is 2. The van der Waals surface area contributed by atoms with Gasteiger partial charge in [-0.1, -0.05) is 0 Å². The average Bonchev–Trinajstić information content (AvgIpc) is 2.81. The van der Waals surface area contributed by atoms with Crippen LogP contribution in [0.15, 0.2) is 49.1 Å². The minimum atomic E-state index is -0.599. The number of aromatic nitrogens is 2. The van der Waals surface area contributed by atoms with E-state index >= 15 is 0 Å². The molecule has 2 aliphatic heterocycles. The Morgan fingerprint density at radius 1 is 0.656 bits per heavy atom. The number of pyridine rings is 2. The van der Waals surface area contributed by atoms with E-state index in [0.717, 1.165) is 37.6 Å². The highest BCUT2D eigenvalue weighted by Gasteiger charge is 2.25. The lowest BCUT2D eigenvalue weighted by atomic mass is 10.3. The van der Waals surface area contributed by atoms with E-state index in [2.05, 4.69) is 19.8 Å². The molecule has 0 radical (unpaired) electrons. The number of carbonyl (C=O) groups excluding carboxylic acids is 2. The summed E-state index contributed by atoms with van der Waals surface area (Å²) in [5.41, 5.74) is 2.18. The number of hydrogen-bond acceptors (Lipinski definition) is 10. The Morgan fingerprint density at radius 3 is 1.34 bits per heavy atom. The smallest absolute Gasteiger partial charge is 0.336 e. The van der Waals surface area contributed by atoms with Crippen molar-refractivity contribution in [2.45, 2.75) is 6.42 Å². The van der Waals surface area contributed by atoms with Crippen molar-refractivity contribution in [2.24, 2.45) is 0 Å². The second-order valence-corrected chi connectivity index (χ2v) is 7.35. The first kappa shape index (κ1) is 23.7. The monoisotopic (exact) mass is 462 g/mol. The Morgan fingerprint density at radius 2 is 1.00 bits per heavy atom. The highest BCUT2D eigenvalue weighted by Crippen LogP contribution is 2.16. The molecule has 0 atom stereocenters. The minimum Gasteiger partial charge on any atom is -0.369 e. The predicted octanol–water partition coefficient (Wildman–Crippen LogP) is 1.15. The first-order valence-corrected chi connectivity index (χ1v) is 10.4. The van der Waals surface area contributed by atoms with Crippen LogP contribution in [-0.4, -0.2) is 84.4 Å². The zero-order chi connectivity index (χ0) is 21.5. The van der Waals surface area contributed by atoms with Crippen LogP contribution >= 0.6 is 12.4 Å². The first-order chi connectivity index (χ1) is 15.2.